The van der Waals surface area contributed by atoms with Gasteiger partial charge in [-0.1, -0.05) is 48.5 Å². The molecular formula is C34H56O5. The summed E-state index contributed by atoms with van der Waals surface area (Å²) in [7, 11) is 0. The summed E-state index contributed by atoms with van der Waals surface area (Å²) < 4.78 is 11.8. The van der Waals surface area contributed by atoms with Gasteiger partial charge in [-0.15, -0.1) is 0 Å². The first-order valence-corrected chi connectivity index (χ1v) is 16.0. The van der Waals surface area contributed by atoms with Gasteiger partial charge in [0.05, 0.1) is 5.60 Å². The predicted octanol–water partition coefficient (Wildman–Crippen LogP) is 7.48. The first-order valence-electron chi connectivity index (χ1n) is 16.0. The average molecular weight is 545 g/mol. The van der Waals surface area contributed by atoms with Crippen molar-refractivity contribution in [3.8, 4) is 0 Å². The fourth-order valence-corrected chi connectivity index (χ4v) is 12.5. The van der Waals surface area contributed by atoms with E-state index >= 15 is 0 Å². The van der Waals surface area contributed by atoms with Crippen LogP contribution in [0.2, 0.25) is 0 Å². The lowest BCUT2D eigenvalue weighted by Gasteiger charge is -2.65. The summed E-state index contributed by atoms with van der Waals surface area (Å²) in [6.45, 7) is 19.9. The number of rotatable bonds is 2. The second-order valence-electron chi connectivity index (χ2n) is 16.7. The van der Waals surface area contributed by atoms with E-state index in [-0.39, 0.29) is 57.1 Å². The maximum absolute atomic E-state index is 12.6. The van der Waals surface area contributed by atoms with Gasteiger partial charge in [0.15, 0.2) is 0 Å². The smallest absolute Gasteiger partial charge is 0.302 e. The molecule has 5 heteroatoms. The molecule has 0 unspecified atom stereocenters. The Kier molecular flexibility index (Phi) is 6.93. The average Bonchev–Trinajstić information content (AvgIpc) is 2.91. The second kappa shape index (κ2) is 9.20. The van der Waals surface area contributed by atoms with Gasteiger partial charge < -0.3 is 14.6 Å². The molecule has 5 aliphatic carbocycles. The molecule has 5 rings (SSSR count). The van der Waals surface area contributed by atoms with Crippen molar-refractivity contribution in [2.45, 2.75) is 151 Å². The van der Waals surface area contributed by atoms with E-state index in [1.807, 2.05) is 0 Å². The van der Waals surface area contributed by atoms with Crippen LogP contribution < -0.4 is 0 Å². The summed E-state index contributed by atoms with van der Waals surface area (Å²) >= 11 is 0. The molecule has 0 heterocycles. The van der Waals surface area contributed by atoms with Gasteiger partial charge >= 0.3 is 11.9 Å². The summed E-state index contributed by atoms with van der Waals surface area (Å²) in [4.78, 5) is 23.9. The van der Waals surface area contributed by atoms with Gasteiger partial charge in [-0.25, -0.2) is 0 Å². The van der Waals surface area contributed by atoms with Crippen molar-refractivity contribution in [3.63, 3.8) is 0 Å². The van der Waals surface area contributed by atoms with Gasteiger partial charge in [0.25, 0.3) is 0 Å². The molecule has 0 aromatic carbocycles. The van der Waals surface area contributed by atoms with Gasteiger partial charge in [0.2, 0.25) is 0 Å². The van der Waals surface area contributed by atoms with Crippen LogP contribution in [0.25, 0.3) is 0 Å². The lowest BCUT2D eigenvalue weighted by molar-refractivity contribution is -0.219. The largest absolute Gasteiger partial charge is 0.462 e. The summed E-state index contributed by atoms with van der Waals surface area (Å²) in [5.41, 5.74) is -0.433. The van der Waals surface area contributed by atoms with Crippen LogP contribution in [-0.4, -0.2) is 34.9 Å². The van der Waals surface area contributed by atoms with E-state index in [0.29, 0.717) is 17.8 Å². The van der Waals surface area contributed by atoms with Crippen molar-refractivity contribution in [3.05, 3.63) is 0 Å². The van der Waals surface area contributed by atoms with E-state index in [9.17, 15) is 14.7 Å². The minimum atomic E-state index is -0.632. The van der Waals surface area contributed by atoms with Crippen LogP contribution in [0, 0.1) is 50.7 Å². The molecule has 0 aliphatic heterocycles. The third-order valence-corrected chi connectivity index (χ3v) is 14.0. The first kappa shape index (κ1) is 29.4. The SMILES string of the molecule is CC(=O)O[C@H]1CC[C@@]2(C)[C@H](CC[C@]3(O)C[C@]4(C)CC[C@H]5C(C)(C)[C@@H](OC(C)=O)CC[C@]5(C)[C@@H]4CC[C@@H]32)C1(C)C. The standard InChI is InChI=1S/C34H56O5/c1-21(35)38-27-14-17-32(8)23(29(27,3)4)12-16-31(7)20-34(37)19-13-24-30(5,6)28(39-22(2)36)15-18-33(24,9)26(34)11-10-25(31)32/h23-28,37H,10-20H2,1-9H3/t23-,24+,25+,26+,27-,28-,31-,32-,33-,34-/m0/s1. The minimum absolute atomic E-state index is 0.00993. The summed E-state index contributed by atoms with van der Waals surface area (Å²) in [6, 6.07) is 0. The molecule has 1 N–H and O–H groups in total. The number of hydrogen-bond donors (Lipinski definition) is 1. The number of hydrogen-bond acceptors (Lipinski definition) is 5. The van der Waals surface area contributed by atoms with E-state index in [2.05, 4.69) is 48.5 Å². The van der Waals surface area contributed by atoms with Crippen molar-refractivity contribution < 1.29 is 24.2 Å². The van der Waals surface area contributed by atoms with Gasteiger partial charge in [-0.3, -0.25) is 9.59 Å². The Bertz CT molecular complexity index is 924. The highest BCUT2D eigenvalue weighted by Crippen LogP contribution is 2.72. The highest BCUT2D eigenvalue weighted by molar-refractivity contribution is 5.66. The Balaban J connectivity index is 1.46. The van der Waals surface area contributed by atoms with Crippen molar-refractivity contribution >= 4 is 11.9 Å². The summed E-state index contributed by atoms with van der Waals surface area (Å²) in [5, 5.41) is 12.6. The van der Waals surface area contributed by atoms with Gasteiger partial charge in [-0.2, -0.15) is 0 Å². The van der Waals surface area contributed by atoms with E-state index in [0.717, 1.165) is 64.2 Å². The van der Waals surface area contributed by atoms with E-state index in [4.69, 9.17) is 9.47 Å². The molecule has 0 spiro atoms. The Morgan fingerprint density at radius 3 is 1.51 bits per heavy atom. The van der Waals surface area contributed by atoms with E-state index in [1.54, 1.807) is 6.92 Å². The highest BCUT2D eigenvalue weighted by atomic mass is 16.5. The summed E-state index contributed by atoms with van der Waals surface area (Å²) in [6.07, 6.45) is 11.2. The Hall–Kier alpha value is -1.10. The van der Waals surface area contributed by atoms with E-state index < -0.39 is 5.60 Å². The topological polar surface area (TPSA) is 72.8 Å². The second-order valence-corrected chi connectivity index (χ2v) is 16.7. The molecule has 5 aliphatic rings. The zero-order valence-electron chi connectivity index (χ0n) is 26.3. The van der Waals surface area contributed by atoms with Gasteiger partial charge in [0, 0.05) is 24.7 Å². The van der Waals surface area contributed by atoms with Crippen LogP contribution in [0.5, 0.6) is 0 Å². The van der Waals surface area contributed by atoms with Crippen LogP contribution in [0.15, 0.2) is 0 Å². The molecule has 5 fully saturated rings. The maximum atomic E-state index is 12.6. The molecule has 0 aromatic rings. The molecule has 39 heavy (non-hydrogen) atoms. The lowest BCUT2D eigenvalue weighted by atomic mass is 9.41. The zero-order valence-corrected chi connectivity index (χ0v) is 26.3. The van der Waals surface area contributed by atoms with Crippen molar-refractivity contribution in [2.75, 3.05) is 0 Å². The zero-order chi connectivity index (χ0) is 28.8. The number of carbonyl (C=O) groups is 2. The fraction of sp³-hybridized carbons (Fsp3) is 0.941. The molecule has 0 saturated heterocycles. The predicted molar refractivity (Wildman–Crippen MR) is 153 cm³/mol. The third kappa shape index (κ3) is 4.33. The maximum Gasteiger partial charge on any atom is 0.302 e. The number of aliphatic hydroxyl groups is 1. The third-order valence-electron chi connectivity index (χ3n) is 14.0. The van der Waals surface area contributed by atoms with Crippen molar-refractivity contribution in [1.82, 2.24) is 0 Å². The van der Waals surface area contributed by atoms with Gasteiger partial charge in [-0.05, 0) is 111 Å². The summed E-state index contributed by atoms with van der Waals surface area (Å²) in [5.74, 6) is 1.44. The van der Waals surface area contributed by atoms with E-state index in [1.165, 1.54) is 13.3 Å². The molecule has 0 aromatic heterocycles. The minimum Gasteiger partial charge on any atom is -0.462 e. The van der Waals surface area contributed by atoms with Crippen LogP contribution in [-0.2, 0) is 19.1 Å². The fourth-order valence-electron chi connectivity index (χ4n) is 12.5. The molecular weight excluding hydrogens is 488 g/mol. The number of fused-ring (bicyclic) bond motifs is 6. The molecule has 0 bridgehead atoms. The van der Waals surface area contributed by atoms with Crippen LogP contribution in [0.3, 0.4) is 0 Å². The molecule has 5 saturated carbocycles. The van der Waals surface area contributed by atoms with Crippen LogP contribution in [0.4, 0.5) is 0 Å². The van der Waals surface area contributed by atoms with Crippen LogP contribution in [0.1, 0.15) is 133 Å². The molecule has 0 amide bonds. The number of esters is 2. The first-order chi connectivity index (χ1) is 17.9. The number of ether oxygens (including phenoxy) is 2. The van der Waals surface area contributed by atoms with Crippen molar-refractivity contribution in [1.29, 1.82) is 0 Å². The van der Waals surface area contributed by atoms with Crippen molar-refractivity contribution in [2.24, 2.45) is 50.7 Å². The quantitative estimate of drug-likeness (QED) is 0.365. The lowest BCUT2D eigenvalue weighted by Crippen LogP contribution is -2.62. The van der Waals surface area contributed by atoms with Crippen LogP contribution >= 0.6 is 0 Å². The Labute approximate surface area is 237 Å². The molecule has 0 radical (unpaired) electrons. The van der Waals surface area contributed by atoms with Gasteiger partial charge in [0.1, 0.15) is 12.2 Å². The number of carbonyl (C=O) groups excluding carboxylic acids is 2. The molecule has 222 valence electrons. The monoisotopic (exact) mass is 544 g/mol. The Morgan fingerprint density at radius 2 is 1.03 bits per heavy atom. The Morgan fingerprint density at radius 1 is 0.590 bits per heavy atom. The normalized spacial score (nSPS) is 50.2. The molecule has 5 nitrogen and oxygen atoms in total. The highest BCUT2D eigenvalue weighted by Gasteiger charge is 2.67. The molecule has 10 atom stereocenters.